The van der Waals surface area contributed by atoms with Gasteiger partial charge in [0.2, 0.25) is 5.95 Å². The fourth-order valence-corrected chi connectivity index (χ4v) is 3.18. The average molecular weight is 396 g/mol. The number of anilines is 2. The van der Waals surface area contributed by atoms with Crippen molar-refractivity contribution < 1.29 is 4.74 Å². The highest BCUT2D eigenvalue weighted by atomic mass is 35.5. The van der Waals surface area contributed by atoms with E-state index >= 15 is 0 Å². The predicted octanol–water partition coefficient (Wildman–Crippen LogP) is 3.92. The molecule has 0 aliphatic rings. The zero-order valence-corrected chi connectivity index (χ0v) is 16.4. The number of hydrogen-bond acceptors (Lipinski definition) is 7. The van der Waals surface area contributed by atoms with Gasteiger partial charge >= 0.3 is 0 Å². The summed E-state index contributed by atoms with van der Waals surface area (Å²) in [4.78, 5) is 13.1. The normalized spacial score (nSPS) is 11.0. The molecule has 9 heteroatoms. The van der Waals surface area contributed by atoms with E-state index in [-0.39, 0.29) is 0 Å². The maximum absolute atomic E-state index is 6.24. The van der Waals surface area contributed by atoms with Gasteiger partial charge in [-0.2, -0.15) is 0 Å². The van der Waals surface area contributed by atoms with E-state index in [0.717, 1.165) is 28.2 Å². The van der Waals surface area contributed by atoms with Crippen LogP contribution in [0.5, 0.6) is 5.75 Å². The van der Waals surface area contributed by atoms with Crippen LogP contribution in [0.2, 0.25) is 5.15 Å². The van der Waals surface area contributed by atoms with E-state index in [4.69, 9.17) is 16.3 Å². The summed E-state index contributed by atoms with van der Waals surface area (Å²) in [5.74, 6) is 1.83. The number of fused-ring (bicyclic) bond motifs is 1. The van der Waals surface area contributed by atoms with Gasteiger partial charge in [-0.3, -0.25) is 0 Å². The summed E-state index contributed by atoms with van der Waals surface area (Å²) in [7, 11) is 1.89. The minimum Gasteiger partial charge on any atom is -0.492 e. The number of benzene rings is 1. The number of halogens is 1. The lowest BCUT2D eigenvalue weighted by Crippen LogP contribution is -2.02. The van der Waals surface area contributed by atoms with Gasteiger partial charge in [0.05, 0.1) is 12.3 Å². The van der Waals surface area contributed by atoms with Gasteiger partial charge in [-0.25, -0.2) is 15.0 Å². The molecular formula is C19H18ClN7O. The molecule has 8 nitrogen and oxygen atoms in total. The molecule has 4 rings (SSSR count). The standard InChI is InChI=1S/C19H18ClN7O/c1-4-28-15-8-12(18-26-22-10-27(18)3)5-6-14(15)24-19-21-9-13-7-11(2)23-17(20)16(13)25-19/h5-10H,4H2,1-3H3,(H,21,24,25). The number of aryl methyl sites for hydroxylation is 2. The summed E-state index contributed by atoms with van der Waals surface area (Å²) in [5, 5.41) is 12.5. The van der Waals surface area contributed by atoms with Gasteiger partial charge in [0, 0.05) is 29.9 Å². The molecule has 0 bridgehead atoms. The highest BCUT2D eigenvalue weighted by molar-refractivity contribution is 6.33. The molecule has 142 valence electrons. The van der Waals surface area contributed by atoms with Crippen LogP contribution in [-0.4, -0.2) is 36.3 Å². The minimum atomic E-state index is 0.350. The molecule has 0 fully saturated rings. The Morgan fingerprint density at radius 2 is 2.07 bits per heavy atom. The Hall–Kier alpha value is -3.26. The molecule has 0 aliphatic carbocycles. The second-order valence-electron chi connectivity index (χ2n) is 6.22. The number of hydrogen-bond donors (Lipinski definition) is 1. The monoisotopic (exact) mass is 395 g/mol. The van der Waals surface area contributed by atoms with Crippen LogP contribution in [0.25, 0.3) is 22.3 Å². The second kappa shape index (κ2) is 7.40. The van der Waals surface area contributed by atoms with Gasteiger partial charge in [0.25, 0.3) is 0 Å². The van der Waals surface area contributed by atoms with Crippen molar-refractivity contribution >= 4 is 34.1 Å². The average Bonchev–Trinajstić information content (AvgIpc) is 3.10. The molecule has 0 saturated carbocycles. The fourth-order valence-electron chi connectivity index (χ4n) is 2.89. The molecule has 0 unspecified atom stereocenters. The SMILES string of the molecule is CCOc1cc(-c2nncn2C)ccc1Nc1ncc2cc(C)nc(Cl)c2n1. The molecule has 0 radical (unpaired) electrons. The van der Waals surface area contributed by atoms with Crippen LogP contribution in [0.3, 0.4) is 0 Å². The van der Waals surface area contributed by atoms with E-state index in [1.807, 2.05) is 49.7 Å². The molecule has 3 aromatic heterocycles. The Morgan fingerprint density at radius 1 is 1.21 bits per heavy atom. The quantitative estimate of drug-likeness (QED) is 0.512. The van der Waals surface area contributed by atoms with E-state index in [1.54, 1.807) is 12.5 Å². The highest BCUT2D eigenvalue weighted by Gasteiger charge is 2.12. The van der Waals surface area contributed by atoms with Crippen LogP contribution in [0.15, 0.2) is 36.8 Å². The lowest BCUT2D eigenvalue weighted by atomic mass is 10.1. The van der Waals surface area contributed by atoms with E-state index in [0.29, 0.717) is 29.0 Å². The molecule has 0 saturated heterocycles. The number of nitrogens with one attached hydrogen (secondary N) is 1. The molecule has 28 heavy (non-hydrogen) atoms. The third-order valence-electron chi connectivity index (χ3n) is 4.15. The van der Waals surface area contributed by atoms with Crippen molar-refractivity contribution in [3.63, 3.8) is 0 Å². The van der Waals surface area contributed by atoms with Crippen molar-refractivity contribution in [2.45, 2.75) is 13.8 Å². The van der Waals surface area contributed by atoms with Crippen LogP contribution in [0, 0.1) is 6.92 Å². The van der Waals surface area contributed by atoms with Gasteiger partial charge in [-0.15, -0.1) is 10.2 Å². The third-order valence-corrected chi connectivity index (χ3v) is 4.41. The van der Waals surface area contributed by atoms with E-state index in [9.17, 15) is 0 Å². The summed E-state index contributed by atoms with van der Waals surface area (Å²) in [6.07, 6.45) is 3.38. The third kappa shape index (κ3) is 3.46. The molecular weight excluding hydrogens is 378 g/mol. The van der Waals surface area contributed by atoms with Crippen molar-refractivity contribution in [1.82, 2.24) is 29.7 Å². The zero-order chi connectivity index (χ0) is 19.7. The molecule has 0 amide bonds. The lowest BCUT2D eigenvalue weighted by molar-refractivity contribution is 0.342. The van der Waals surface area contributed by atoms with Crippen molar-refractivity contribution in [3.05, 3.63) is 47.6 Å². The lowest BCUT2D eigenvalue weighted by Gasteiger charge is -2.13. The van der Waals surface area contributed by atoms with Crippen molar-refractivity contribution in [1.29, 1.82) is 0 Å². The first-order valence-electron chi connectivity index (χ1n) is 8.73. The first-order chi connectivity index (χ1) is 13.5. The van der Waals surface area contributed by atoms with Crippen molar-refractivity contribution in [2.75, 3.05) is 11.9 Å². The number of aromatic nitrogens is 6. The Balaban J connectivity index is 1.71. The van der Waals surface area contributed by atoms with Crippen LogP contribution in [-0.2, 0) is 7.05 Å². The summed E-state index contributed by atoms with van der Waals surface area (Å²) in [6, 6.07) is 7.65. The minimum absolute atomic E-state index is 0.350. The molecule has 3 heterocycles. The topological polar surface area (TPSA) is 90.6 Å². The van der Waals surface area contributed by atoms with E-state index in [2.05, 4.69) is 30.5 Å². The number of ether oxygens (including phenoxy) is 1. The van der Waals surface area contributed by atoms with Crippen LogP contribution >= 0.6 is 11.6 Å². The summed E-state index contributed by atoms with van der Waals surface area (Å²) in [5.41, 5.74) is 3.05. The van der Waals surface area contributed by atoms with Crippen LogP contribution in [0.1, 0.15) is 12.6 Å². The van der Waals surface area contributed by atoms with Gasteiger partial charge in [0.1, 0.15) is 17.6 Å². The smallest absolute Gasteiger partial charge is 0.227 e. The fraction of sp³-hybridized carbons (Fsp3) is 0.211. The molecule has 1 N–H and O–H groups in total. The molecule has 4 aromatic rings. The Morgan fingerprint density at radius 3 is 2.82 bits per heavy atom. The summed E-state index contributed by atoms with van der Waals surface area (Å²) >= 11 is 6.24. The van der Waals surface area contributed by atoms with Gasteiger partial charge < -0.3 is 14.6 Å². The highest BCUT2D eigenvalue weighted by Crippen LogP contribution is 2.32. The van der Waals surface area contributed by atoms with Crippen LogP contribution < -0.4 is 10.1 Å². The number of rotatable bonds is 5. The molecule has 0 aliphatic heterocycles. The Kier molecular flexibility index (Phi) is 4.79. The second-order valence-corrected chi connectivity index (χ2v) is 6.58. The predicted molar refractivity (Wildman–Crippen MR) is 108 cm³/mol. The van der Waals surface area contributed by atoms with Gasteiger partial charge in [-0.05, 0) is 38.1 Å². The summed E-state index contributed by atoms with van der Waals surface area (Å²) < 4.78 is 7.65. The Labute approximate surface area is 166 Å². The van der Waals surface area contributed by atoms with E-state index in [1.165, 1.54) is 0 Å². The zero-order valence-electron chi connectivity index (χ0n) is 15.6. The number of pyridine rings is 1. The molecule has 0 spiro atoms. The Bertz CT molecular complexity index is 1160. The summed E-state index contributed by atoms with van der Waals surface area (Å²) in [6.45, 7) is 4.33. The van der Waals surface area contributed by atoms with Gasteiger partial charge in [0.15, 0.2) is 11.0 Å². The molecule has 0 atom stereocenters. The maximum Gasteiger partial charge on any atom is 0.227 e. The van der Waals surface area contributed by atoms with Crippen LogP contribution in [0.4, 0.5) is 11.6 Å². The maximum atomic E-state index is 6.24. The van der Waals surface area contributed by atoms with Crippen molar-refractivity contribution in [3.8, 4) is 17.1 Å². The van der Waals surface area contributed by atoms with Crippen molar-refractivity contribution in [2.24, 2.45) is 7.05 Å². The first-order valence-corrected chi connectivity index (χ1v) is 9.11. The largest absolute Gasteiger partial charge is 0.492 e. The molecule has 1 aromatic carbocycles. The van der Waals surface area contributed by atoms with E-state index < -0.39 is 0 Å². The number of nitrogens with zero attached hydrogens (tertiary/aromatic N) is 6. The van der Waals surface area contributed by atoms with Gasteiger partial charge in [-0.1, -0.05) is 11.6 Å². The first kappa shape index (κ1) is 18.1.